The van der Waals surface area contributed by atoms with Crippen LogP contribution in [0, 0.1) is 0 Å². The summed E-state index contributed by atoms with van der Waals surface area (Å²) in [6.45, 7) is 0.523. The number of thiophene rings is 1. The van der Waals surface area contributed by atoms with E-state index in [-0.39, 0.29) is 11.7 Å². The Balaban J connectivity index is 1.58. The van der Waals surface area contributed by atoms with Crippen LogP contribution in [0.2, 0.25) is 0 Å². The average Bonchev–Trinajstić information content (AvgIpc) is 3.15. The zero-order valence-electron chi connectivity index (χ0n) is 12.6. The van der Waals surface area contributed by atoms with E-state index in [2.05, 4.69) is 5.32 Å². The van der Waals surface area contributed by atoms with Crippen LogP contribution in [0.1, 0.15) is 17.7 Å². The number of nitrogens with zero attached hydrogens (tertiary/aromatic N) is 1. The monoisotopic (exact) mass is 350 g/mol. The summed E-state index contributed by atoms with van der Waals surface area (Å²) in [6.07, 6.45) is 1.82. The highest BCUT2D eigenvalue weighted by Crippen LogP contribution is 2.25. The molecule has 1 aliphatic heterocycles. The topological polar surface area (TPSA) is 66.5 Å². The van der Waals surface area contributed by atoms with Crippen LogP contribution >= 0.6 is 11.3 Å². The fourth-order valence-electron chi connectivity index (χ4n) is 2.56. The SMILES string of the molecule is O=C(CCc1cccs1)Nc1ccc(N2CCCS2(=O)=O)cc1. The number of benzene rings is 1. The van der Waals surface area contributed by atoms with Crippen molar-refractivity contribution in [3.8, 4) is 0 Å². The summed E-state index contributed by atoms with van der Waals surface area (Å²) >= 11 is 1.64. The van der Waals surface area contributed by atoms with E-state index in [1.54, 1.807) is 35.6 Å². The first-order chi connectivity index (χ1) is 11.0. The average molecular weight is 350 g/mol. The zero-order valence-corrected chi connectivity index (χ0v) is 14.2. The number of aryl methyl sites for hydroxylation is 1. The van der Waals surface area contributed by atoms with Gasteiger partial charge in [0, 0.05) is 23.5 Å². The molecular formula is C16H18N2O3S2. The second-order valence-corrected chi connectivity index (χ2v) is 8.46. The lowest BCUT2D eigenvalue weighted by molar-refractivity contribution is -0.116. The third-order valence-electron chi connectivity index (χ3n) is 3.72. The molecule has 1 aliphatic rings. The number of carbonyl (C=O) groups is 1. The van der Waals surface area contributed by atoms with E-state index in [1.165, 1.54) is 9.18 Å². The predicted octanol–water partition coefficient (Wildman–Crippen LogP) is 2.86. The quantitative estimate of drug-likeness (QED) is 0.902. The van der Waals surface area contributed by atoms with Gasteiger partial charge >= 0.3 is 0 Å². The molecule has 5 nitrogen and oxygen atoms in total. The molecular weight excluding hydrogens is 332 g/mol. The van der Waals surface area contributed by atoms with Crippen LogP contribution < -0.4 is 9.62 Å². The van der Waals surface area contributed by atoms with E-state index in [9.17, 15) is 13.2 Å². The van der Waals surface area contributed by atoms with Gasteiger partial charge in [0.2, 0.25) is 15.9 Å². The zero-order chi connectivity index (χ0) is 16.3. The summed E-state index contributed by atoms with van der Waals surface area (Å²) < 4.78 is 25.2. The Bertz CT molecular complexity index is 768. The Labute approximate surface area is 140 Å². The number of nitrogens with one attached hydrogen (secondary N) is 1. The van der Waals surface area contributed by atoms with Gasteiger partial charge in [-0.2, -0.15) is 0 Å². The minimum atomic E-state index is -3.16. The van der Waals surface area contributed by atoms with Gasteiger partial charge in [-0.3, -0.25) is 9.10 Å². The Morgan fingerprint density at radius 3 is 2.61 bits per heavy atom. The summed E-state index contributed by atoms with van der Waals surface area (Å²) in [5.74, 6) is 0.161. The van der Waals surface area contributed by atoms with Crippen molar-refractivity contribution in [3.63, 3.8) is 0 Å². The molecule has 2 heterocycles. The third-order valence-corrected chi connectivity index (χ3v) is 6.52. The van der Waals surface area contributed by atoms with Crippen molar-refractivity contribution in [2.75, 3.05) is 21.9 Å². The molecule has 0 saturated carbocycles. The van der Waals surface area contributed by atoms with Gasteiger partial charge in [0.05, 0.1) is 11.4 Å². The maximum Gasteiger partial charge on any atom is 0.235 e. The second-order valence-electron chi connectivity index (χ2n) is 5.42. The highest BCUT2D eigenvalue weighted by molar-refractivity contribution is 7.93. The molecule has 0 atom stereocenters. The number of carbonyl (C=O) groups excluding carboxylic acids is 1. The smallest absolute Gasteiger partial charge is 0.235 e. The van der Waals surface area contributed by atoms with Crippen LogP contribution in [0.25, 0.3) is 0 Å². The molecule has 0 unspecified atom stereocenters. The molecule has 1 amide bonds. The fraction of sp³-hybridized carbons (Fsp3) is 0.312. The van der Waals surface area contributed by atoms with Crippen LogP contribution in [0.5, 0.6) is 0 Å². The number of anilines is 2. The van der Waals surface area contributed by atoms with Crippen molar-refractivity contribution in [2.45, 2.75) is 19.3 Å². The maximum atomic E-state index is 11.9. The molecule has 0 radical (unpaired) electrons. The Morgan fingerprint density at radius 2 is 2.00 bits per heavy atom. The van der Waals surface area contributed by atoms with Crippen molar-refractivity contribution in [3.05, 3.63) is 46.7 Å². The molecule has 122 valence electrons. The van der Waals surface area contributed by atoms with E-state index in [4.69, 9.17) is 0 Å². The number of sulfonamides is 1. The van der Waals surface area contributed by atoms with Gasteiger partial charge in [0.1, 0.15) is 0 Å². The first kappa shape index (κ1) is 16.0. The van der Waals surface area contributed by atoms with Crippen molar-refractivity contribution in [1.29, 1.82) is 0 Å². The lowest BCUT2D eigenvalue weighted by Gasteiger charge is -2.17. The molecule has 1 aromatic carbocycles. The molecule has 1 fully saturated rings. The number of amides is 1. The summed E-state index contributed by atoms with van der Waals surface area (Å²) in [4.78, 5) is 13.1. The Morgan fingerprint density at radius 1 is 1.22 bits per heavy atom. The molecule has 23 heavy (non-hydrogen) atoms. The molecule has 0 aliphatic carbocycles. The maximum absolute atomic E-state index is 11.9. The highest BCUT2D eigenvalue weighted by atomic mass is 32.2. The number of hydrogen-bond donors (Lipinski definition) is 1. The van der Waals surface area contributed by atoms with Crippen LogP contribution in [0.15, 0.2) is 41.8 Å². The first-order valence-electron chi connectivity index (χ1n) is 7.47. The van der Waals surface area contributed by atoms with Crippen LogP contribution in [-0.4, -0.2) is 26.6 Å². The van der Waals surface area contributed by atoms with Crippen molar-refractivity contribution >= 4 is 38.6 Å². The minimum Gasteiger partial charge on any atom is -0.326 e. The van der Waals surface area contributed by atoms with Crippen LogP contribution in [0.3, 0.4) is 0 Å². The first-order valence-corrected chi connectivity index (χ1v) is 9.96. The van der Waals surface area contributed by atoms with Crippen molar-refractivity contribution < 1.29 is 13.2 Å². The van der Waals surface area contributed by atoms with E-state index >= 15 is 0 Å². The molecule has 1 N–H and O–H groups in total. The van der Waals surface area contributed by atoms with E-state index in [0.717, 1.165) is 6.42 Å². The van der Waals surface area contributed by atoms with Crippen LogP contribution in [0.4, 0.5) is 11.4 Å². The van der Waals surface area contributed by atoms with Crippen molar-refractivity contribution in [1.82, 2.24) is 0 Å². The van der Waals surface area contributed by atoms with E-state index in [0.29, 0.717) is 30.8 Å². The summed E-state index contributed by atoms with van der Waals surface area (Å²) in [6, 6.07) is 10.9. The van der Waals surface area contributed by atoms with Gasteiger partial charge in [0.25, 0.3) is 0 Å². The van der Waals surface area contributed by atoms with Crippen LogP contribution in [-0.2, 0) is 21.2 Å². The third kappa shape index (κ3) is 3.92. The van der Waals surface area contributed by atoms with E-state index in [1.807, 2.05) is 17.5 Å². The van der Waals surface area contributed by atoms with Crippen molar-refractivity contribution in [2.24, 2.45) is 0 Å². The Kier molecular flexibility index (Phi) is 4.68. The van der Waals surface area contributed by atoms with Gasteiger partial charge in [-0.25, -0.2) is 8.42 Å². The second kappa shape index (κ2) is 6.72. The molecule has 3 rings (SSSR count). The fourth-order valence-corrected chi connectivity index (χ4v) is 4.83. The van der Waals surface area contributed by atoms with Gasteiger partial charge in [-0.15, -0.1) is 11.3 Å². The molecule has 0 bridgehead atoms. The standard InChI is InChI=1S/C16H18N2O3S2/c19-16(9-8-15-3-1-11-22-15)17-13-4-6-14(7-5-13)18-10-2-12-23(18,20)21/h1,3-7,11H,2,8-10,12H2,(H,17,19). The Hall–Kier alpha value is -1.86. The number of hydrogen-bond acceptors (Lipinski definition) is 4. The number of rotatable bonds is 5. The lowest BCUT2D eigenvalue weighted by atomic mass is 10.2. The molecule has 1 aromatic heterocycles. The lowest BCUT2D eigenvalue weighted by Crippen LogP contribution is -2.24. The van der Waals surface area contributed by atoms with E-state index < -0.39 is 10.0 Å². The van der Waals surface area contributed by atoms with Gasteiger partial charge < -0.3 is 5.32 Å². The van der Waals surface area contributed by atoms with Gasteiger partial charge in [-0.1, -0.05) is 6.07 Å². The molecule has 0 spiro atoms. The highest BCUT2D eigenvalue weighted by Gasteiger charge is 2.28. The summed E-state index contributed by atoms with van der Waals surface area (Å²) in [5.41, 5.74) is 1.33. The summed E-state index contributed by atoms with van der Waals surface area (Å²) in [5, 5.41) is 4.84. The minimum absolute atomic E-state index is 0.0417. The molecule has 1 saturated heterocycles. The predicted molar refractivity (Wildman–Crippen MR) is 93.5 cm³/mol. The summed E-state index contributed by atoms with van der Waals surface area (Å²) in [7, 11) is -3.16. The normalized spacial score (nSPS) is 16.4. The van der Waals surface area contributed by atoms with Gasteiger partial charge in [-0.05, 0) is 48.6 Å². The largest absolute Gasteiger partial charge is 0.326 e. The molecule has 2 aromatic rings. The molecule has 7 heteroatoms. The van der Waals surface area contributed by atoms with Gasteiger partial charge in [0.15, 0.2) is 0 Å².